The smallest absolute Gasteiger partial charge is 0.0849 e. The maximum Gasteiger partial charge on any atom is 0.139 e. The van der Waals surface area contributed by atoms with Crippen LogP contribution in [-0.4, -0.2) is 7.85 Å². The van der Waals surface area contributed by atoms with Gasteiger partial charge in [-0.3, -0.25) is 0 Å². The van der Waals surface area contributed by atoms with Crippen LogP contribution in [0, 0.1) is 11.8 Å². The van der Waals surface area contributed by atoms with Crippen molar-refractivity contribution in [1.82, 2.24) is 0 Å². The Morgan fingerprint density at radius 3 is 2.47 bits per heavy atom. The summed E-state index contributed by atoms with van der Waals surface area (Å²) in [6.07, 6.45) is 20.0. The van der Waals surface area contributed by atoms with Gasteiger partial charge in [0, 0.05) is 11.8 Å². The molecule has 0 aromatic rings. The van der Waals surface area contributed by atoms with Crippen molar-refractivity contribution in [2.75, 3.05) is 0 Å². The molecule has 0 aromatic heterocycles. The monoisotopic (exact) mass is 192 g/mol. The highest BCUT2D eigenvalue weighted by Gasteiger charge is 2.27. The summed E-state index contributed by atoms with van der Waals surface area (Å²) >= 11 is 0. The minimum Gasteiger partial charge on any atom is -0.0849 e. The third-order valence-corrected chi connectivity index (χ3v) is 3.39. The quantitative estimate of drug-likeness (QED) is 0.516. The SMILES string of the molecule is BC1=C2C=CC=CC2C2C=CC=CC2=C1. The molecule has 0 aromatic carbocycles. The molecular weight excluding hydrogens is 179 g/mol. The average molecular weight is 192 g/mol. The highest BCUT2D eigenvalue weighted by molar-refractivity contribution is 6.24. The third-order valence-electron chi connectivity index (χ3n) is 3.39. The molecule has 0 bridgehead atoms. The van der Waals surface area contributed by atoms with Crippen molar-refractivity contribution in [3.63, 3.8) is 0 Å². The predicted molar refractivity (Wildman–Crippen MR) is 67.2 cm³/mol. The first-order valence-corrected chi connectivity index (χ1v) is 5.48. The standard InChI is InChI=1S/C14H13B/c15-14-9-10-5-1-2-6-11(10)12-7-3-4-8-13(12)14/h1-9,11-12H,15H2. The molecule has 0 nitrogen and oxygen atoms in total. The Morgan fingerprint density at radius 2 is 1.60 bits per heavy atom. The van der Waals surface area contributed by atoms with Crippen LogP contribution in [0.4, 0.5) is 0 Å². The molecule has 0 saturated carbocycles. The van der Waals surface area contributed by atoms with Crippen molar-refractivity contribution in [3.8, 4) is 0 Å². The van der Waals surface area contributed by atoms with Crippen LogP contribution in [0.5, 0.6) is 0 Å². The predicted octanol–water partition coefficient (Wildman–Crippen LogP) is 2.30. The molecule has 1 heteroatoms. The van der Waals surface area contributed by atoms with Crippen molar-refractivity contribution in [1.29, 1.82) is 0 Å². The van der Waals surface area contributed by atoms with Crippen LogP contribution in [0.2, 0.25) is 0 Å². The van der Waals surface area contributed by atoms with Gasteiger partial charge in [-0.25, -0.2) is 0 Å². The topological polar surface area (TPSA) is 0 Å². The Bertz CT molecular complexity index is 470. The maximum absolute atomic E-state index is 2.32. The maximum atomic E-state index is 2.32. The van der Waals surface area contributed by atoms with Crippen LogP contribution in [-0.2, 0) is 0 Å². The molecule has 3 rings (SSSR count). The fourth-order valence-electron chi connectivity index (χ4n) is 2.64. The van der Waals surface area contributed by atoms with Crippen LogP contribution in [0.25, 0.3) is 0 Å². The number of fused-ring (bicyclic) bond motifs is 3. The highest BCUT2D eigenvalue weighted by atomic mass is 14.3. The van der Waals surface area contributed by atoms with Gasteiger partial charge in [0.2, 0.25) is 0 Å². The van der Waals surface area contributed by atoms with E-state index in [1.807, 2.05) is 0 Å². The molecule has 0 amide bonds. The number of rotatable bonds is 0. The molecule has 2 unspecified atom stereocenters. The zero-order chi connectivity index (χ0) is 10.3. The Balaban J connectivity index is 2.14. The van der Waals surface area contributed by atoms with Gasteiger partial charge >= 0.3 is 0 Å². The van der Waals surface area contributed by atoms with Crippen LogP contribution in [0.1, 0.15) is 0 Å². The van der Waals surface area contributed by atoms with E-state index in [4.69, 9.17) is 0 Å². The molecule has 0 heterocycles. The summed E-state index contributed by atoms with van der Waals surface area (Å²) < 4.78 is 0. The van der Waals surface area contributed by atoms with Gasteiger partial charge in [-0.1, -0.05) is 60.2 Å². The largest absolute Gasteiger partial charge is 0.139 e. The van der Waals surface area contributed by atoms with Gasteiger partial charge in [-0.15, -0.1) is 0 Å². The normalized spacial score (nSPS) is 31.3. The second-order valence-electron chi connectivity index (χ2n) is 4.32. The lowest BCUT2D eigenvalue weighted by molar-refractivity contribution is 0.613. The van der Waals surface area contributed by atoms with E-state index >= 15 is 0 Å². The van der Waals surface area contributed by atoms with Gasteiger partial charge in [-0.05, 0) is 11.1 Å². The summed E-state index contributed by atoms with van der Waals surface area (Å²) in [6, 6.07) is 0. The van der Waals surface area contributed by atoms with Crippen molar-refractivity contribution in [2.24, 2.45) is 11.8 Å². The second kappa shape index (κ2) is 3.27. The molecule has 0 fully saturated rings. The Hall–Kier alpha value is -1.50. The molecule has 3 aliphatic carbocycles. The van der Waals surface area contributed by atoms with E-state index in [1.54, 1.807) is 0 Å². The van der Waals surface area contributed by atoms with Crippen molar-refractivity contribution >= 4 is 7.85 Å². The molecule has 3 aliphatic rings. The highest BCUT2D eigenvalue weighted by Crippen LogP contribution is 2.39. The Labute approximate surface area is 91.5 Å². The summed E-state index contributed by atoms with van der Waals surface area (Å²) in [5.74, 6) is 1.10. The van der Waals surface area contributed by atoms with E-state index in [0.29, 0.717) is 11.8 Å². The molecule has 15 heavy (non-hydrogen) atoms. The molecule has 72 valence electrons. The third kappa shape index (κ3) is 1.31. The van der Waals surface area contributed by atoms with Gasteiger partial charge in [-0.2, -0.15) is 0 Å². The summed E-state index contributed by atoms with van der Waals surface area (Å²) in [6.45, 7) is 0. The van der Waals surface area contributed by atoms with E-state index in [9.17, 15) is 0 Å². The van der Waals surface area contributed by atoms with E-state index in [1.165, 1.54) is 16.6 Å². The van der Waals surface area contributed by atoms with E-state index in [0.717, 1.165) is 0 Å². The molecule has 0 N–H and O–H groups in total. The van der Waals surface area contributed by atoms with Crippen LogP contribution in [0.3, 0.4) is 0 Å². The zero-order valence-electron chi connectivity index (χ0n) is 8.85. The first-order chi connectivity index (χ1) is 7.36. The number of allylic oxidation sites excluding steroid dienone is 12. The lowest BCUT2D eigenvalue weighted by atomic mass is 9.68. The van der Waals surface area contributed by atoms with Crippen molar-refractivity contribution in [3.05, 3.63) is 71.3 Å². The fraction of sp³-hybridized carbons (Fsp3) is 0.143. The summed E-state index contributed by atoms with van der Waals surface area (Å²) in [5.41, 5.74) is 4.33. The molecule has 0 saturated heterocycles. The van der Waals surface area contributed by atoms with E-state index in [-0.39, 0.29) is 0 Å². The van der Waals surface area contributed by atoms with Crippen LogP contribution >= 0.6 is 0 Å². The van der Waals surface area contributed by atoms with Gasteiger partial charge in [0.25, 0.3) is 0 Å². The fourth-order valence-corrected chi connectivity index (χ4v) is 2.64. The molecule has 0 radical (unpaired) electrons. The average Bonchev–Trinajstić information content (AvgIpc) is 2.30. The minimum atomic E-state index is 0.551. The van der Waals surface area contributed by atoms with Crippen molar-refractivity contribution < 1.29 is 0 Å². The van der Waals surface area contributed by atoms with Gasteiger partial charge in [0.1, 0.15) is 7.85 Å². The summed E-state index contributed by atoms with van der Waals surface area (Å²) in [5, 5.41) is 0. The first kappa shape index (κ1) is 8.78. The van der Waals surface area contributed by atoms with Gasteiger partial charge in [0.15, 0.2) is 0 Å². The summed E-state index contributed by atoms with van der Waals surface area (Å²) in [4.78, 5) is 0. The second-order valence-corrected chi connectivity index (χ2v) is 4.32. The summed E-state index contributed by atoms with van der Waals surface area (Å²) in [7, 11) is 2.21. The minimum absolute atomic E-state index is 0.551. The Kier molecular flexibility index (Phi) is 1.91. The van der Waals surface area contributed by atoms with Crippen LogP contribution in [0.15, 0.2) is 71.3 Å². The molecular formula is C14H13B. The van der Waals surface area contributed by atoms with E-state index < -0.39 is 0 Å². The van der Waals surface area contributed by atoms with E-state index in [2.05, 4.69) is 62.5 Å². The lowest BCUT2D eigenvalue weighted by Gasteiger charge is -2.32. The Morgan fingerprint density at radius 1 is 0.867 bits per heavy atom. The van der Waals surface area contributed by atoms with Gasteiger partial charge < -0.3 is 0 Å². The molecule has 2 atom stereocenters. The first-order valence-electron chi connectivity index (χ1n) is 5.48. The number of hydrogen-bond acceptors (Lipinski definition) is 0. The lowest BCUT2D eigenvalue weighted by Crippen LogP contribution is -2.21. The molecule has 0 aliphatic heterocycles. The van der Waals surface area contributed by atoms with Crippen molar-refractivity contribution in [2.45, 2.75) is 0 Å². The molecule has 0 spiro atoms. The number of hydrogen-bond donors (Lipinski definition) is 0. The van der Waals surface area contributed by atoms with Gasteiger partial charge in [0.05, 0.1) is 0 Å². The van der Waals surface area contributed by atoms with Crippen LogP contribution < -0.4 is 0 Å². The zero-order valence-corrected chi connectivity index (χ0v) is 8.85.